The Bertz CT molecular complexity index is 745. The van der Waals surface area contributed by atoms with Crippen molar-refractivity contribution in [1.29, 1.82) is 0 Å². The first-order valence-electron chi connectivity index (χ1n) is 5.80. The lowest BCUT2D eigenvalue weighted by atomic mass is 10.2. The standard InChI is InChI=1S/C12H11BrN2O4S2/c13-10-2-1-8(12(16)17)5-11(10)21(18,19)15-4-3-9-6-20-7-14-9/h1-2,5-7,15H,3-4H2,(H,16,17). The van der Waals surface area contributed by atoms with E-state index in [4.69, 9.17) is 5.11 Å². The van der Waals surface area contributed by atoms with E-state index < -0.39 is 16.0 Å². The highest BCUT2D eigenvalue weighted by Gasteiger charge is 2.19. The van der Waals surface area contributed by atoms with E-state index in [1.165, 1.54) is 23.5 Å². The fourth-order valence-corrected chi connectivity index (χ4v) is 4.21. The molecule has 0 saturated carbocycles. The molecule has 9 heteroatoms. The molecule has 2 N–H and O–H groups in total. The zero-order chi connectivity index (χ0) is 15.5. The molecule has 0 fully saturated rings. The molecule has 0 saturated heterocycles. The Hall–Kier alpha value is -1.29. The molecule has 0 bridgehead atoms. The molecule has 0 unspecified atom stereocenters. The Balaban J connectivity index is 2.15. The lowest BCUT2D eigenvalue weighted by Crippen LogP contribution is -2.26. The van der Waals surface area contributed by atoms with Gasteiger partial charge in [0.05, 0.1) is 21.7 Å². The quantitative estimate of drug-likeness (QED) is 0.787. The molecule has 0 amide bonds. The highest BCUT2D eigenvalue weighted by molar-refractivity contribution is 9.10. The summed E-state index contributed by atoms with van der Waals surface area (Å²) in [5, 5.41) is 10.8. The molecule has 2 rings (SSSR count). The van der Waals surface area contributed by atoms with Crippen LogP contribution in [0.2, 0.25) is 0 Å². The number of aromatic carboxylic acids is 1. The third kappa shape index (κ3) is 4.10. The van der Waals surface area contributed by atoms with Crippen molar-refractivity contribution < 1.29 is 18.3 Å². The number of hydrogen-bond donors (Lipinski definition) is 2. The molecule has 0 aliphatic carbocycles. The van der Waals surface area contributed by atoms with E-state index in [1.54, 1.807) is 5.51 Å². The number of benzene rings is 1. The Morgan fingerprint density at radius 3 is 2.81 bits per heavy atom. The number of nitrogens with one attached hydrogen (secondary N) is 1. The van der Waals surface area contributed by atoms with E-state index in [9.17, 15) is 13.2 Å². The number of carbonyl (C=O) groups is 1. The normalized spacial score (nSPS) is 11.5. The van der Waals surface area contributed by atoms with Crippen LogP contribution in [0.5, 0.6) is 0 Å². The number of sulfonamides is 1. The highest BCUT2D eigenvalue weighted by atomic mass is 79.9. The van der Waals surface area contributed by atoms with Gasteiger partial charge in [0, 0.05) is 22.8 Å². The molecule has 2 aromatic rings. The van der Waals surface area contributed by atoms with Crippen molar-refractivity contribution in [3.05, 3.63) is 44.8 Å². The summed E-state index contributed by atoms with van der Waals surface area (Å²) in [7, 11) is -3.78. The van der Waals surface area contributed by atoms with E-state index in [0.29, 0.717) is 10.9 Å². The number of aromatic nitrogens is 1. The lowest BCUT2D eigenvalue weighted by molar-refractivity contribution is 0.0696. The monoisotopic (exact) mass is 390 g/mol. The molecule has 6 nitrogen and oxygen atoms in total. The molecule has 0 aliphatic rings. The maximum absolute atomic E-state index is 12.2. The first kappa shape index (κ1) is 16.1. The second-order valence-electron chi connectivity index (χ2n) is 4.08. The van der Waals surface area contributed by atoms with Gasteiger partial charge in [-0.3, -0.25) is 0 Å². The summed E-state index contributed by atoms with van der Waals surface area (Å²) in [6, 6.07) is 3.86. The number of hydrogen-bond acceptors (Lipinski definition) is 5. The molecular weight excluding hydrogens is 380 g/mol. The van der Waals surface area contributed by atoms with Gasteiger partial charge in [-0.1, -0.05) is 0 Å². The number of thiazole rings is 1. The topological polar surface area (TPSA) is 96.4 Å². The second kappa shape index (κ2) is 6.65. The Labute approximate surface area is 134 Å². The van der Waals surface area contributed by atoms with Gasteiger partial charge in [-0.05, 0) is 34.1 Å². The van der Waals surface area contributed by atoms with Gasteiger partial charge in [0.15, 0.2) is 0 Å². The van der Waals surface area contributed by atoms with E-state index in [2.05, 4.69) is 25.6 Å². The van der Waals surface area contributed by atoms with Crippen LogP contribution in [0.25, 0.3) is 0 Å². The first-order valence-corrected chi connectivity index (χ1v) is 9.01. The number of halogens is 1. The van der Waals surface area contributed by atoms with Crippen LogP contribution in [0.1, 0.15) is 16.1 Å². The molecule has 0 aliphatic heterocycles. The molecule has 112 valence electrons. The Kier molecular flexibility index (Phi) is 5.09. The van der Waals surface area contributed by atoms with Gasteiger partial charge in [-0.2, -0.15) is 0 Å². The summed E-state index contributed by atoms with van der Waals surface area (Å²) < 4.78 is 27.2. The maximum Gasteiger partial charge on any atom is 0.335 e. The molecule has 0 radical (unpaired) electrons. The lowest BCUT2D eigenvalue weighted by Gasteiger charge is -2.08. The summed E-state index contributed by atoms with van der Waals surface area (Å²) in [6.07, 6.45) is 0.471. The van der Waals surface area contributed by atoms with Gasteiger partial charge in [0.25, 0.3) is 0 Å². The molecular formula is C12H11BrN2O4S2. The average Bonchev–Trinajstić information content (AvgIpc) is 2.91. The van der Waals surface area contributed by atoms with E-state index in [1.807, 2.05) is 5.38 Å². The Morgan fingerprint density at radius 1 is 1.43 bits per heavy atom. The van der Waals surface area contributed by atoms with Crippen LogP contribution in [0.3, 0.4) is 0 Å². The van der Waals surface area contributed by atoms with Gasteiger partial charge in [0.1, 0.15) is 0 Å². The fraction of sp³-hybridized carbons (Fsp3) is 0.167. The minimum atomic E-state index is -3.78. The summed E-state index contributed by atoms with van der Waals surface area (Å²) >= 11 is 4.56. The first-order chi connectivity index (χ1) is 9.90. The van der Waals surface area contributed by atoms with Crippen LogP contribution < -0.4 is 4.72 Å². The molecule has 1 aromatic heterocycles. The van der Waals surface area contributed by atoms with Gasteiger partial charge >= 0.3 is 5.97 Å². The summed E-state index contributed by atoms with van der Waals surface area (Å²) in [5.41, 5.74) is 2.40. The third-order valence-corrected chi connectivity index (χ3v) is 5.71. The van der Waals surface area contributed by atoms with Crippen molar-refractivity contribution in [3.63, 3.8) is 0 Å². The van der Waals surface area contributed by atoms with Crippen LogP contribution in [-0.4, -0.2) is 31.0 Å². The van der Waals surface area contributed by atoms with Gasteiger partial charge < -0.3 is 5.11 Å². The molecule has 1 heterocycles. The maximum atomic E-state index is 12.2. The van der Waals surface area contributed by atoms with Crippen LogP contribution in [-0.2, 0) is 16.4 Å². The van der Waals surface area contributed by atoms with Crippen molar-refractivity contribution in [1.82, 2.24) is 9.71 Å². The summed E-state index contributed by atoms with van der Waals surface area (Å²) in [4.78, 5) is 14.9. The minimum absolute atomic E-state index is 0.0851. The number of nitrogens with zero attached hydrogens (tertiary/aromatic N) is 1. The smallest absolute Gasteiger partial charge is 0.335 e. The molecule has 0 atom stereocenters. The van der Waals surface area contributed by atoms with Crippen molar-refractivity contribution >= 4 is 43.3 Å². The highest BCUT2D eigenvalue weighted by Crippen LogP contribution is 2.23. The fourth-order valence-electron chi connectivity index (χ4n) is 1.59. The third-order valence-electron chi connectivity index (χ3n) is 2.62. The molecule has 1 aromatic carbocycles. The zero-order valence-corrected chi connectivity index (χ0v) is 13.8. The van der Waals surface area contributed by atoms with Crippen molar-refractivity contribution in [2.75, 3.05) is 6.54 Å². The van der Waals surface area contributed by atoms with E-state index >= 15 is 0 Å². The van der Waals surface area contributed by atoms with Crippen molar-refractivity contribution in [2.45, 2.75) is 11.3 Å². The van der Waals surface area contributed by atoms with Gasteiger partial charge in [0.2, 0.25) is 10.0 Å². The summed E-state index contributed by atoms with van der Waals surface area (Å²) in [5.74, 6) is -1.18. The predicted octanol–water partition coefficient (Wildman–Crippen LogP) is 2.12. The van der Waals surface area contributed by atoms with Crippen LogP contribution in [0.4, 0.5) is 0 Å². The van der Waals surface area contributed by atoms with Crippen molar-refractivity contribution in [2.24, 2.45) is 0 Å². The number of carboxylic acids is 1. The molecule has 21 heavy (non-hydrogen) atoms. The predicted molar refractivity (Wildman–Crippen MR) is 82.1 cm³/mol. The summed E-state index contributed by atoms with van der Waals surface area (Å²) in [6.45, 7) is 0.190. The van der Waals surface area contributed by atoms with Gasteiger partial charge in [-0.25, -0.2) is 22.9 Å². The minimum Gasteiger partial charge on any atom is -0.478 e. The van der Waals surface area contributed by atoms with E-state index in [0.717, 1.165) is 11.8 Å². The SMILES string of the molecule is O=C(O)c1ccc(Br)c(S(=O)(=O)NCCc2cscn2)c1. The van der Waals surface area contributed by atoms with E-state index in [-0.39, 0.29) is 17.0 Å². The number of carboxylic acid groups (broad SMARTS) is 1. The largest absolute Gasteiger partial charge is 0.478 e. The number of rotatable bonds is 6. The zero-order valence-electron chi connectivity index (χ0n) is 10.6. The Morgan fingerprint density at radius 2 is 2.19 bits per heavy atom. The van der Waals surface area contributed by atoms with Crippen LogP contribution in [0, 0.1) is 0 Å². The molecule has 0 spiro atoms. The van der Waals surface area contributed by atoms with Gasteiger partial charge in [-0.15, -0.1) is 11.3 Å². The van der Waals surface area contributed by atoms with Crippen LogP contribution in [0.15, 0.2) is 38.5 Å². The average molecular weight is 391 g/mol. The van der Waals surface area contributed by atoms with Crippen LogP contribution >= 0.6 is 27.3 Å². The second-order valence-corrected chi connectivity index (χ2v) is 7.39. The van der Waals surface area contributed by atoms with Crippen molar-refractivity contribution in [3.8, 4) is 0 Å².